The topological polar surface area (TPSA) is 46.4 Å². The highest BCUT2D eigenvalue weighted by Crippen LogP contribution is 2.22. The van der Waals surface area contributed by atoms with Crippen molar-refractivity contribution >= 4 is 23.0 Å². The normalized spacial score (nSPS) is 9.83. The van der Waals surface area contributed by atoms with Gasteiger partial charge in [0, 0.05) is 0 Å². The Labute approximate surface area is 111 Å². The van der Waals surface area contributed by atoms with Gasteiger partial charge in [-0.3, -0.25) is 0 Å². The lowest BCUT2D eigenvalue weighted by molar-refractivity contribution is 0.417. The number of methoxy groups -OCH3 is 1. The summed E-state index contributed by atoms with van der Waals surface area (Å²) in [5.41, 5.74) is 0.831. The number of nitrogens with one attached hydrogen (secondary N) is 2. The molecule has 0 aliphatic heterocycles. The number of hydrogen-bond donors (Lipinski definition) is 2. The zero-order valence-electron chi connectivity index (χ0n) is 9.97. The van der Waals surface area contributed by atoms with Crippen LogP contribution in [-0.2, 0) is 6.54 Å². The Bertz CT molecular complexity index is 511. The first-order valence-electron chi connectivity index (χ1n) is 5.50. The minimum atomic E-state index is 0.524. The predicted octanol–water partition coefficient (Wildman–Crippen LogP) is 2.77. The number of para-hydroxylation sites is 2. The number of thiocarbonyl (C=S) groups is 1. The van der Waals surface area contributed by atoms with E-state index in [0.717, 1.165) is 17.2 Å². The second-order valence-corrected chi connectivity index (χ2v) is 4.00. The molecule has 0 aliphatic rings. The van der Waals surface area contributed by atoms with Crippen molar-refractivity contribution in [3.05, 3.63) is 48.4 Å². The average molecular weight is 262 g/mol. The third kappa shape index (κ3) is 3.24. The van der Waals surface area contributed by atoms with Gasteiger partial charge >= 0.3 is 0 Å². The molecule has 1 heterocycles. The van der Waals surface area contributed by atoms with Crippen molar-refractivity contribution in [3.8, 4) is 5.75 Å². The molecule has 94 valence electrons. The van der Waals surface area contributed by atoms with Crippen molar-refractivity contribution in [2.45, 2.75) is 6.54 Å². The van der Waals surface area contributed by atoms with E-state index >= 15 is 0 Å². The molecule has 0 amide bonds. The third-order valence-corrected chi connectivity index (χ3v) is 2.60. The molecule has 0 fully saturated rings. The minimum absolute atomic E-state index is 0.524. The van der Waals surface area contributed by atoms with E-state index in [-0.39, 0.29) is 0 Å². The number of ether oxygens (including phenoxy) is 1. The van der Waals surface area contributed by atoms with Gasteiger partial charge in [0.15, 0.2) is 5.11 Å². The van der Waals surface area contributed by atoms with Crippen molar-refractivity contribution in [2.75, 3.05) is 12.4 Å². The second-order valence-electron chi connectivity index (χ2n) is 3.59. The molecule has 1 aromatic carbocycles. The van der Waals surface area contributed by atoms with Crippen molar-refractivity contribution < 1.29 is 9.15 Å². The van der Waals surface area contributed by atoms with Crippen molar-refractivity contribution in [2.24, 2.45) is 0 Å². The lowest BCUT2D eigenvalue weighted by atomic mass is 10.3. The molecule has 1 aromatic heterocycles. The van der Waals surface area contributed by atoms with Gasteiger partial charge in [-0.2, -0.15) is 0 Å². The van der Waals surface area contributed by atoms with Gasteiger partial charge < -0.3 is 19.8 Å². The van der Waals surface area contributed by atoms with Crippen LogP contribution >= 0.6 is 12.2 Å². The number of benzene rings is 1. The molecule has 18 heavy (non-hydrogen) atoms. The molecule has 2 N–H and O–H groups in total. The maximum Gasteiger partial charge on any atom is 0.171 e. The fourth-order valence-corrected chi connectivity index (χ4v) is 1.68. The van der Waals surface area contributed by atoms with Gasteiger partial charge in [0.1, 0.15) is 11.5 Å². The highest BCUT2D eigenvalue weighted by atomic mass is 32.1. The van der Waals surface area contributed by atoms with Gasteiger partial charge in [0.2, 0.25) is 0 Å². The molecule has 0 atom stereocenters. The van der Waals surface area contributed by atoms with Gasteiger partial charge in [0.25, 0.3) is 0 Å². The summed E-state index contributed by atoms with van der Waals surface area (Å²) in [6.07, 6.45) is 1.63. The number of rotatable bonds is 4. The molecular weight excluding hydrogens is 248 g/mol. The summed E-state index contributed by atoms with van der Waals surface area (Å²) >= 11 is 5.20. The van der Waals surface area contributed by atoms with Gasteiger partial charge in [0.05, 0.1) is 25.6 Å². The highest BCUT2D eigenvalue weighted by Gasteiger charge is 2.03. The molecule has 2 aromatic rings. The van der Waals surface area contributed by atoms with Gasteiger partial charge in [-0.05, 0) is 36.5 Å². The Morgan fingerprint density at radius 1 is 1.28 bits per heavy atom. The highest BCUT2D eigenvalue weighted by molar-refractivity contribution is 7.80. The zero-order chi connectivity index (χ0) is 12.8. The van der Waals surface area contributed by atoms with Crippen LogP contribution in [0.5, 0.6) is 5.75 Å². The van der Waals surface area contributed by atoms with E-state index in [4.69, 9.17) is 21.4 Å². The van der Waals surface area contributed by atoms with E-state index in [9.17, 15) is 0 Å². The number of furan rings is 1. The standard InChI is InChI=1S/C13H14N2O2S/c1-16-12-7-3-2-6-11(12)15-13(18)14-9-10-5-4-8-17-10/h2-8H,9H2,1H3,(H2,14,15,18). The van der Waals surface area contributed by atoms with E-state index in [1.807, 2.05) is 36.4 Å². The summed E-state index contributed by atoms with van der Waals surface area (Å²) in [5.74, 6) is 1.58. The van der Waals surface area contributed by atoms with Gasteiger partial charge in [-0.25, -0.2) is 0 Å². The van der Waals surface area contributed by atoms with Crippen LogP contribution in [0, 0.1) is 0 Å². The van der Waals surface area contributed by atoms with Crippen LogP contribution < -0.4 is 15.4 Å². The van der Waals surface area contributed by atoms with Crippen LogP contribution in [0.15, 0.2) is 47.1 Å². The zero-order valence-corrected chi connectivity index (χ0v) is 10.8. The SMILES string of the molecule is COc1ccccc1NC(=S)NCc1ccco1. The fraction of sp³-hybridized carbons (Fsp3) is 0.154. The van der Waals surface area contributed by atoms with Crippen LogP contribution in [-0.4, -0.2) is 12.2 Å². The summed E-state index contributed by atoms with van der Waals surface area (Å²) in [6.45, 7) is 0.550. The first kappa shape index (κ1) is 12.4. The monoisotopic (exact) mass is 262 g/mol. The first-order chi connectivity index (χ1) is 8.79. The van der Waals surface area contributed by atoms with Crippen LogP contribution in [0.4, 0.5) is 5.69 Å². The molecule has 5 heteroatoms. The molecule has 0 spiro atoms. The Balaban J connectivity index is 1.90. The van der Waals surface area contributed by atoms with E-state index < -0.39 is 0 Å². The quantitative estimate of drug-likeness (QED) is 0.830. The molecule has 0 radical (unpaired) electrons. The van der Waals surface area contributed by atoms with Crippen LogP contribution in [0.1, 0.15) is 5.76 Å². The maximum atomic E-state index is 5.23. The Kier molecular flexibility index (Phi) is 4.20. The first-order valence-corrected chi connectivity index (χ1v) is 5.90. The molecule has 0 bridgehead atoms. The largest absolute Gasteiger partial charge is 0.495 e. The average Bonchev–Trinajstić information content (AvgIpc) is 2.90. The van der Waals surface area contributed by atoms with Crippen LogP contribution in [0.2, 0.25) is 0 Å². The number of hydrogen-bond acceptors (Lipinski definition) is 3. The lowest BCUT2D eigenvalue weighted by Crippen LogP contribution is -2.27. The van der Waals surface area contributed by atoms with Crippen molar-refractivity contribution in [3.63, 3.8) is 0 Å². The summed E-state index contributed by atoms with van der Waals surface area (Å²) in [7, 11) is 1.62. The van der Waals surface area contributed by atoms with Crippen molar-refractivity contribution in [1.29, 1.82) is 0 Å². The van der Waals surface area contributed by atoms with Crippen LogP contribution in [0.25, 0.3) is 0 Å². The molecule has 2 rings (SSSR count). The molecule has 0 unspecified atom stereocenters. The van der Waals surface area contributed by atoms with E-state index in [1.165, 1.54) is 0 Å². The summed E-state index contributed by atoms with van der Waals surface area (Å²) < 4.78 is 10.4. The Morgan fingerprint density at radius 3 is 2.83 bits per heavy atom. The van der Waals surface area contributed by atoms with E-state index in [0.29, 0.717) is 11.7 Å². The Hall–Kier alpha value is -2.01. The predicted molar refractivity (Wildman–Crippen MR) is 74.8 cm³/mol. The number of anilines is 1. The van der Waals surface area contributed by atoms with Gasteiger partial charge in [-0.1, -0.05) is 12.1 Å². The fourth-order valence-electron chi connectivity index (χ4n) is 1.49. The molecule has 0 saturated heterocycles. The van der Waals surface area contributed by atoms with E-state index in [2.05, 4.69) is 10.6 Å². The lowest BCUT2D eigenvalue weighted by Gasteiger charge is -2.12. The Morgan fingerprint density at radius 2 is 2.11 bits per heavy atom. The second kappa shape index (κ2) is 6.07. The molecular formula is C13H14N2O2S. The maximum absolute atomic E-state index is 5.23. The molecule has 0 saturated carbocycles. The molecule has 4 nitrogen and oxygen atoms in total. The molecule has 0 aliphatic carbocycles. The minimum Gasteiger partial charge on any atom is -0.495 e. The van der Waals surface area contributed by atoms with E-state index in [1.54, 1.807) is 13.4 Å². The van der Waals surface area contributed by atoms with Crippen molar-refractivity contribution in [1.82, 2.24) is 5.32 Å². The van der Waals surface area contributed by atoms with Gasteiger partial charge in [-0.15, -0.1) is 0 Å². The third-order valence-electron chi connectivity index (χ3n) is 2.36. The van der Waals surface area contributed by atoms with Crippen LogP contribution in [0.3, 0.4) is 0 Å². The summed E-state index contributed by atoms with van der Waals surface area (Å²) in [5, 5.41) is 6.66. The summed E-state index contributed by atoms with van der Waals surface area (Å²) in [6, 6.07) is 11.3. The smallest absolute Gasteiger partial charge is 0.171 e. The summed E-state index contributed by atoms with van der Waals surface area (Å²) in [4.78, 5) is 0.